The van der Waals surface area contributed by atoms with Crippen molar-refractivity contribution in [1.29, 1.82) is 0 Å². The summed E-state index contributed by atoms with van der Waals surface area (Å²) >= 11 is 7.35. The van der Waals surface area contributed by atoms with Gasteiger partial charge in [-0.15, -0.1) is 0 Å². The molecule has 1 aliphatic heterocycles. The number of methoxy groups -OCH3 is 2. The normalized spacial score (nSPS) is 14.5. The number of anilines is 1. The number of nitrogens with zero attached hydrogens (tertiary/aromatic N) is 2. The minimum atomic E-state index is -0.315. The maximum absolute atomic E-state index is 13.3. The molecule has 0 radical (unpaired) electrons. The van der Waals surface area contributed by atoms with Crippen molar-refractivity contribution in [3.63, 3.8) is 0 Å². The lowest BCUT2D eigenvalue weighted by Gasteiger charge is -2.18. The Hall–Kier alpha value is -3.49. The van der Waals surface area contributed by atoms with Gasteiger partial charge in [0.25, 0.3) is 5.91 Å². The van der Waals surface area contributed by atoms with Crippen LogP contribution in [0.15, 0.2) is 71.5 Å². The van der Waals surface area contributed by atoms with E-state index in [0.29, 0.717) is 33.1 Å². The van der Waals surface area contributed by atoms with Crippen molar-refractivity contribution in [1.82, 2.24) is 4.98 Å². The number of Topliss-reactive ketones (excluding diaryl/α,β-unsaturated/α-hetero) is 1. The first-order chi connectivity index (χ1) is 16.0. The van der Waals surface area contributed by atoms with Crippen LogP contribution in [0.5, 0.6) is 11.5 Å². The van der Waals surface area contributed by atoms with Crippen LogP contribution in [0.1, 0.15) is 16.1 Å². The summed E-state index contributed by atoms with van der Waals surface area (Å²) in [4.78, 5) is 34.7. The largest absolute Gasteiger partial charge is 0.497 e. The smallest absolute Gasteiger partial charge is 0.283 e. The summed E-state index contributed by atoms with van der Waals surface area (Å²) in [5.41, 5.74) is 2.09. The molecule has 0 fully saturated rings. The summed E-state index contributed by atoms with van der Waals surface area (Å²) in [6.07, 6.45) is 3.39. The monoisotopic (exact) mass is 481 g/mol. The van der Waals surface area contributed by atoms with Gasteiger partial charge in [0.15, 0.2) is 11.0 Å². The van der Waals surface area contributed by atoms with Crippen LogP contribution in [0.2, 0.25) is 5.02 Å². The van der Waals surface area contributed by atoms with Crippen molar-refractivity contribution < 1.29 is 19.1 Å². The molecule has 2 heterocycles. The molecule has 1 amide bonds. The molecule has 0 aliphatic carbocycles. The Morgan fingerprint density at radius 1 is 1.15 bits per heavy atom. The molecule has 0 saturated carbocycles. The zero-order valence-electron chi connectivity index (χ0n) is 17.9. The van der Waals surface area contributed by atoms with Gasteiger partial charge in [-0.2, -0.15) is 0 Å². The van der Waals surface area contributed by atoms with Gasteiger partial charge in [-0.25, -0.2) is 4.99 Å². The molecular formula is C24H20ClN3O4S. The molecule has 0 bridgehead atoms. The molecule has 168 valence electrons. The molecule has 0 atom stereocenters. The van der Waals surface area contributed by atoms with Crippen LogP contribution >= 0.6 is 23.4 Å². The van der Waals surface area contributed by atoms with Crippen molar-refractivity contribution in [2.45, 2.75) is 0 Å². The van der Waals surface area contributed by atoms with Crippen LogP contribution in [-0.4, -0.2) is 41.8 Å². The Bertz CT molecular complexity index is 1240. The summed E-state index contributed by atoms with van der Waals surface area (Å²) < 4.78 is 10.5. The third kappa shape index (κ3) is 4.97. The molecule has 4 rings (SSSR count). The van der Waals surface area contributed by atoms with Gasteiger partial charge in [0.2, 0.25) is 0 Å². The number of H-pyrrole nitrogens is 1. The number of aromatic amines is 1. The second-order valence-corrected chi connectivity index (χ2v) is 8.30. The molecule has 3 aromatic rings. The van der Waals surface area contributed by atoms with Gasteiger partial charge < -0.3 is 14.5 Å². The fourth-order valence-electron chi connectivity index (χ4n) is 3.18. The predicted octanol–water partition coefficient (Wildman–Crippen LogP) is 5.05. The number of benzene rings is 2. The number of carbonyl (C=O) groups excluding carboxylic acids is 2. The van der Waals surface area contributed by atoms with E-state index in [0.717, 1.165) is 5.56 Å². The number of aliphatic imine (C=N–C) groups is 1. The third-order valence-corrected chi connectivity index (χ3v) is 6.12. The molecule has 33 heavy (non-hydrogen) atoms. The van der Waals surface area contributed by atoms with Gasteiger partial charge in [-0.3, -0.25) is 14.5 Å². The van der Waals surface area contributed by atoms with E-state index < -0.39 is 0 Å². The van der Waals surface area contributed by atoms with Gasteiger partial charge >= 0.3 is 0 Å². The number of nitrogens with one attached hydrogen (secondary N) is 1. The third-order valence-electron chi connectivity index (χ3n) is 4.87. The fraction of sp³-hybridized carbons (Fsp3) is 0.125. The number of carbonyl (C=O) groups is 2. The first-order valence-electron chi connectivity index (χ1n) is 9.92. The number of ether oxygens (including phenoxy) is 2. The summed E-state index contributed by atoms with van der Waals surface area (Å²) in [7, 11) is 3.10. The molecule has 0 unspecified atom stereocenters. The Balaban J connectivity index is 1.66. The number of amides is 1. The average Bonchev–Trinajstić information content (AvgIpc) is 3.47. The topological polar surface area (TPSA) is 84.0 Å². The number of thioether (sulfide) groups is 1. The number of rotatable bonds is 7. The van der Waals surface area contributed by atoms with Crippen LogP contribution < -0.4 is 14.4 Å². The van der Waals surface area contributed by atoms with E-state index in [-0.39, 0.29) is 23.1 Å². The van der Waals surface area contributed by atoms with Crippen LogP contribution in [0.3, 0.4) is 0 Å². The van der Waals surface area contributed by atoms with E-state index in [2.05, 4.69) is 9.98 Å². The van der Waals surface area contributed by atoms with Gasteiger partial charge in [-0.05, 0) is 48.0 Å². The maximum Gasteiger partial charge on any atom is 0.283 e. The SMILES string of the molecule is COc1ccc(/C=C2\N=C(SCC(=O)c3ccc[nH]3)N(c3ccc(Cl)c(OC)c3)C2=O)cc1. The highest BCUT2D eigenvalue weighted by atomic mass is 35.5. The summed E-state index contributed by atoms with van der Waals surface area (Å²) in [6, 6.07) is 15.8. The lowest BCUT2D eigenvalue weighted by atomic mass is 10.2. The summed E-state index contributed by atoms with van der Waals surface area (Å²) in [5, 5.41) is 0.819. The number of hydrogen-bond donors (Lipinski definition) is 1. The highest BCUT2D eigenvalue weighted by molar-refractivity contribution is 8.14. The lowest BCUT2D eigenvalue weighted by molar-refractivity contribution is -0.113. The summed E-state index contributed by atoms with van der Waals surface area (Å²) in [6.45, 7) is 0. The van der Waals surface area contributed by atoms with Crippen molar-refractivity contribution in [3.8, 4) is 11.5 Å². The van der Waals surface area contributed by atoms with E-state index in [1.807, 2.05) is 24.3 Å². The van der Waals surface area contributed by atoms with Gasteiger partial charge in [0.1, 0.15) is 17.2 Å². The minimum absolute atomic E-state index is 0.0960. The lowest BCUT2D eigenvalue weighted by Crippen LogP contribution is -2.30. The summed E-state index contributed by atoms with van der Waals surface area (Å²) in [5.74, 6) is 0.851. The molecule has 2 aromatic carbocycles. The first kappa shape index (κ1) is 22.7. The Labute approximate surface area is 200 Å². The molecule has 9 heteroatoms. The van der Waals surface area contributed by atoms with Crippen molar-refractivity contribution >= 4 is 52.0 Å². The van der Waals surface area contributed by atoms with Crippen molar-refractivity contribution in [2.75, 3.05) is 24.9 Å². The number of halogens is 1. The molecular weight excluding hydrogens is 462 g/mol. The zero-order valence-corrected chi connectivity index (χ0v) is 19.4. The van der Waals surface area contributed by atoms with Crippen molar-refractivity contribution in [3.05, 3.63) is 82.8 Å². The Morgan fingerprint density at radius 2 is 1.94 bits per heavy atom. The number of amidine groups is 1. The van der Waals surface area contributed by atoms with E-state index in [4.69, 9.17) is 21.1 Å². The van der Waals surface area contributed by atoms with Gasteiger partial charge in [0.05, 0.1) is 36.4 Å². The maximum atomic E-state index is 13.3. The van der Waals surface area contributed by atoms with Crippen LogP contribution in [0.25, 0.3) is 6.08 Å². The fourth-order valence-corrected chi connectivity index (χ4v) is 4.27. The Kier molecular flexibility index (Phi) is 6.86. The average molecular weight is 482 g/mol. The second-order valence-electron chi connectivity index (χ2n) is 6.95. The van der Waals surface area contributed by atoms with Gasteiger partial charge in [0, 0.05) is 12.3 Å². The molecule has 1 aromatic heterocycles. The van der Waals surface area contributed by atoms with Crippen molar-refractivity contribution in [2.24, 2.45) is 4.99 Å². The predicted molar refractivity (Wildman–Crippen MR) is 131 cm³/mol. The van der Waals surface area contributed by atoms with E-state index in [1.165, 1.54) is 23.8 Å². The van der Waals surface area contributed by atoms with Crippen LogP contribution in [0.4, 0.5) is 5.69 Å². The number of ketones is 1. The molecule has 0 saturated heterocycles. The second kappa shape index (κ2) is 9.97. The Morgan fingerprint density at radius 3 is 2.61 bits per heavy atom. The standard InChI is InChI=1S/C24H20ClN3O4S/c1-31-17-8-5-15(6-9-17)12-20-23(30)28(16-7-10-18(25)22(13-16)32-2)24(27-20)33-14-21(29)19-4-3-11-26-19/h3-13,26H,14H2,1-2H3/b20-12-. The molecule has 1 aliphatic rings. The molecule has 7 nitrogen and oxygen atoms in total. The molecule has 1 N–H and O–H groups in total. The first-order valence-corrected chi connectivity index (χ1v) is 11.3. The molecule has 0 spiro atoms. The quantitative estimate of drug-likeness (QED) is 0.377. The highest BCUT2D eigenvalue weighted by Gasteiger charge is 2.33. The van der Waals surface area contributed by atoms with E-state index >= 15 is 0 Å². The highest BCUT2D eigenvalue weighted by Crippen LogP contribution is 2.34. The zero-order chi connectivity index (χ0) is 23.4. The number of hydrogen-bond acceptors (Lipinski definition) is 6. The van der Waals surface area contributed by atoms with Crippen LogP contribution in [-0.2, 0) is 4.79 Å². The van der Waals surface area contributed by atoms with E-state index in [1.54, 1.807) is 49.7 Å². The van der Waals surface area contributed by atoms with E-state index in [9.17, 15) is 9.59 Å². The van der Waals surface area contributed by atoms with Gasteiger partial charge in [-0.1, -0.05) is 35.5 Å². The van der Waals surface area contributed by atoms with Crippen LogP contribution in [0, 0.1) is 0 Å². The number of aromatic nitrogens is 1. The minimum Gasteiger partial charge on any atom is -0.497 e.